The van der Waals surface area contributed by atoms with Gasteiger partial charge in [0.25, 0.3) is 0 Å². The molecule has 0 spiro atoms. The maximum atomic E-state index is 13.1. The average Bonchev–Trinajstić information content (AvgIpc) is 3.07. The standard InChI is InChI=1S/C19H13F3N4O/c1-27-17-8-5-12(11-24-17)18-14-7-6-13(19(20,21)22)10-15(14)25-26(18)16-4-2-3-9-23-16/h2-11H,1H3. The van der Waals surface area contributed by atoms with Gasteiger partial charge in [-0.1, -0.05) is 6.07 Å². The summed E-state index contributed by atoms with van der Waals surface area (Å²) in [4.78, 5) is 8.46. The molecule has 0 N–H and O–H groups in total. The Morgan fingerprint density at radius 3 is 2.48 bits per heavy atom. The largest absolute Gasteiger partial charge is 0.481 e. The predicted octanol–water partition coefficient (Wildman–Crippen LogP) is 4.51. The molecule has 0 aliphatic rings. The van der Waals surface area contributed by atoms with Crippen molar-refractivity contribution in [3.8, 4) is 23.0 Å². The summed E-state index contributed by atoms with van der Waals surface area (Å²) in [7, 11) is 1.51. The van der Waals surface area contributed by atoms with Gasteiger partial charge in [-0.25, -0.2) is 14.6 Å². The van der Waals surface area contributed by atoms with Gasteiger partial charge in [0.15, 0.2) is 5.82 Å². The van der Waals surface area contributed by atoms with E-state index in [2.05, 4.69) is 15.1 Å². The van der Waals surface area contributed by atoms with Crippen molar-refractivity contribution in [3.63, 3.8) is 0 Å². The number of hydrogen-bond donors (Lipinski definition) is 0. The SMILES string of the molecule is COc1ccc(-c2c3ccc(C(F)(F)F)cc3nn2-c2ccccn2)cn1. The van der Waals surface area contributed by atoms with Crippen LogP contribution in [-0.4, -0.2) is 26.9 Å². The molecule has 0 aliphatic carbocycles. The van der Waals surface area contributed by atoms with Gasteiger partial charge < -0.3 is 4.74 Å². The minimum atomic E-state index is -4.44. The Morgan fingerprint density at radius 2 is 1.85 bits per heavy atom. The van der Waals surface area contributed by atoms with Crippen LogP contribution in [0.4, 0.5) is 13.2 Å². The fourth-order valence-corrected chi connectivity index (χ4v) is 2.83. The van der Waals surface area contributed by atoms with Crippen LogP contribution in [-0.2, 0) is 6.18 Å². The van der Waals surface area contributed by atoms with Crippen LogP contribution in [0, 0.1) is 0 Å². The van der Waals surface area contributed by atoms with Crippen LogP contribution in [0.25, 0.3) is 28.0 Å². The summed E-state index contributed by atoms with van der Waals surface area (Å²) >= 11 is 0. The van der Waals surface area contributed by atoms with Crippen molar-refractivity contribution in [2.24, 2.45) is 0 Å². The summed E-state index contributed by atoms with van der Waals surface area (Å²) < 4.78 is 45.8. The van der Waals surface area contributed by atoms with E-state index in [0.717, 1.165) is 12.1 Å². The molecule has 4 aromatic rings. The van der Waals surface area contributed by atoms with Crippen molar-refractivity contribution in [1.29, 1.82) is 0 Å². The number of fused-ring (bicyclic) bond motifs is 1. The number of methoxy groups -OCH3 is 1. The maximum absolute atomic E-state index is 13.1. The number of pyridine rings is 2. The van der Waals surface area contributed by atoms with Gasteiger partial charge in [-0.15, -0.1) is 0 Å². The number of aromatic nitrogens is 4. The normalized spacial score (nSPS) is 11.7. The molecule has 0 saturated heterocycles. The van der Waals surface area contributed by atoms with E-state index >= 15 is 0 Å². The second kappa shape index (κ2) is 6.39. The second-order valence-electron chi connectivity index (χ2n) is 5.77. The molecule has 3 heterocycles. The highest BCUT2D eigenvalue weighted by molar-refractivity contribution is 5.94. The molecule has 5 nitrogen and oxygen atoms in total. The average molecular weight is 370 g/mol. The Balaban J connectivity index is 1.98. The van der Waals surface area contributed by atoms with Crippen LogP contribution in [0.3, 0.4) is 0 Å². The first-order valence-corrected chi connectivity index (χ1v) is 7.99. The van der Waals surface area contributed by atoms with Gasteiger partial charge in [0.1, 0.15) is 0 Å². The number of nitrogens with zero attached hydrogens (tertiary/aromatic N) is 4. The molecule has 136 valence electrons. The van der Waals surface area contributed by atoms with E-state index in [-0.39, 0.29) is 5.52 Å². The first-order chi connectivity index (χ1) is 13.0. The molecule has 0 bridgehead atoms. The topological polar surface area (TPSA) is 52.8 Å². The Labute approximate surface area is 152 Å². The highest BCUT2D eigenvalue weighted by Crippen LogP contribution is 2.35. The lowest BCUT2D eigenvalue weighted by Crippen LogP contribution is -2.04. The van der Waals surface area contributed by atoms with Crippen molar-refractivity contribution in [3.05, 3.63) is 66.5 Å². The molecule has 8 heteroatoms. The zero-order chi connectivity index (χ0) is 19.0. The molecule has 0 fully saturated rings. The van der Waals surface area contributed by atoms with Gasteiger partial charge in [-0.2, -0.15) is 18.3 Å². The van der Waals surface area contributed by atoms with Crippen LogP contribution in [0.2, 0.25) is 0 Å². The number of benzene rings is 1. The fraction of sp³-hybridized carbons (Fsp3) is 0.105. The summed E-state index contributed by atoms with van der Waals surface area (Å²) in [6, 6.07) is 12.2. The van der Waals surface area contributed by atoms with E-state index in [1.54, 1.807) is 42.7 Å². The van der Waals surface area contributed by atoms with E-state index in [1.807, 2.05) is 0 Å². The molecule has 3 aromatic heterocycles. The van der Waals surface area contributed by atoms with Gasteiger partial charge in [-0.05, 0) is 36.4 Å². The van der Waals surface area contributed by atoms with E-state index in [1.165, 1.54) is 17.9 Å². The smallest absolute Gasteiger partial charge is 0.416 e. The molecule has 1 aromatic carbocycles. The molecule has 0 atom stereocenters. The summed E-state index contributed by atoms with van der Waals surface area (Å²) in [6.07, 6.45) is -1.25. The summed E-state index contributed by atoms with van der Waals surface area (Å²) in [5, 5.41) is 4.94. The monoisotopic (exact) mass is 370 g/mol. The highest BCUT2D eigenvalue weighted by atomic mass is 19.4. The van der Waals surface area contributed by atoms with Crippen LogP contribution in [0.5, 0.6) is 5.88 Å². The minimum Gasteiger partial charge on any atom is -0.481 e. The summed E-state index contributed by atoms with van der Waals surface area (Å²) in [6.45, 7) is 0. The summed E-state index contributed by atoms with van der Waals surface area (Å²) in [5.74, 6) is 0.930. The summed E-state index contributed by atoms with van der Waals surface area (Å²) in [5.41, 5.74) is 0.762. The number of alkyl halides is 3. The molecule has 0 radical (unpaired) electrons. The second-order valence-corrected chi connectivity index (χ2v) is 5.77. The molecule has 0 unspecified atom stereocenters. The zero-order valence-electron chi connectivity index (χ0n) is 14.1. The lowest BCUT2D eigenvalue weighted by molar-refractivity contribution is -0.137. The third-order valence-electron chi connectivity index (χ3n) is 4.08. The van der Waals surface area contributed by atoms with E-state index in [4.69, 9.17) is 4.74 Å². The lowest BCUT2D eigenvalue weighted by Gasteiger charge is -2.08. The Bertz CT molecular complexity index is 1090. The molecular weight excluding hydrogens is 357 g/mol. The number of hydrogen-bond acceptors (Lipinski definition) is 4. The zero-order valence-corrected chi connectivity index (χ0v) is 14.1. The third kappa shape index (κ3) is 3.10. The maximum Gasteiger partial charge on any atom is 0.416 e. The first-order valence-electron chi connectivity index (χ1n) is 7.99. The van der Waals surface area contributed by atoms with Crippen LogP contribution in [0.1, 0.15) is 5.56 Å². The number of halogens is 3. The van der Waals surface area contributed by atoms with Gasteiger partial charge in [0, 0.05) is 29.4 Å². The number of rotatable bonds is 3. The lowest BCUT2D eigenvalue weighted by atomic mass is 10.1. The van der Waals surface area contributed by atoms with E-state index < -0.39 is 11.7 Å². The Morgan fingerprint density at radius 1 is 1.00 bits per heavy atom. The Hall–Kier alpha value is -3.42. The van der Waals surface area contributed by atoms with Gasteiger partial charge in [0.05, 0.1) is 23.9 Å². The number of ether oxygens (including phenoxy) is 1. The van der Waals surface area contributed by atoms with Crippen LogP contribution in [0.15, 0.2) is 60.9 Å². The van der Waals surface area contributed by atoms with Crippen molar-refractivity contribution in [1.82, 2.24) is 19.7 Å². The predicted molar refractivity (Wildman–Crippen MR) is 93.6 cm³/mol. The highest BCUT2D eigenvalue weighted by Gasteiger charge is 2.31. The fourth-order valence-electron chi connectivity index (χ4n) is 2.83. The van der Waals surface area contributed by atoms with Gasteiger partial charge in [0.2, 0.25) is 5.88 Å². The van der Waals surface area contributed by atoms with Gasteiger partial charge in [-0.3, -0.25) is 0 Å². The van der Waals surface area contributed by atoms with Crippen LogP contribution < -0.4 is 4.74 Å². The van der Waals surface area contributed by atoms with Crippen molar-refractivity contribution in [2.45, 2.75) is 6.18 Å². The quantitative estimate of drug-likeness (QED) is 0.532. The van der Waals surface area contributed by atoms with Gasteiger partial charge >= 0.3 is 6.18 Å². The molecule has 0 amide bonds. The molecule has 0 saturated carbocycles. The minimum absolute atomic E-state index is 0.223. The van der Waals surface area contributed by atoms with E-state index in [9.17, 15) is 13.2 Å². The Kier molecular flexibility index (Phi) is 4.02. The van der Waals surface area contributed by atoms with Crippen molar-refractivity contribution >= 4 is 10.9 Å². The molecular formula is C19H13F3N4O. The van der Waals surface area contributed by atoms with Crippen molar-refractivity contribution in [2.75, 3.05) is 7.11 Å². The van der Waals surface area contributed by atoms with Crippen LogP contribution >= 0.6 is 0 Å². The molecule has 27 heavy (non-hydrogen) atoms. The van der Waals surface area contributed by atoms with E-state index in [0.29, 0.717) is 28.3 Å². The third-order valence-corrected chi connectivity index (χ3v) is 4.08. The first kappa shape index (κ1) is 17.0. The molecule has 0 aliphatic heterocycles. The molecule has 4 rings (SSSR count). The van der Waals surface area contributed by atoms with Crippen molar-refractivity contribution < 1.29 is 17.9 Å².